The lowest BCUT2D eigenvalue weighted by atomic mass is 9.98. The van der Waals surface area contributed by atoms with Gasteiger partial charge in [0.1, 0.15) is 11.3 Å². The fourth-order valence-electron chi connectivity index (χ4n) is 5.04. The zero-order valence-corrected chi connectivity index (χ0v) is 23.4. The van der Waals surface area contributed by atoms with Crippen LogP contribution in [0.25, 0.3) is 16.8 Å². The first-order valence-corrected chi connectivity index (χ1v) is 14.0. The second-order valence-electron chi connectivity index (χ2n) is 9.29. The topological polar surface area (TPSA) is 63.4 Å². The van der Waals surface area contributed by atoms with Gasteiger partial charge in [0, 0.05) is 43.6 Å². The Bertz CT molecular complexity index is 1620. The lowest BCUT2D eigenvalue weighted by molar-refractivity contribution is 0.102. The Morgan fingerprint density at radius 1 is 0.895 bits per heavy atom. The minimum Gasteiger partial charge on any atom is -0.378 e. The smallest absolute Gasteiger partial charge is 0.275 e. The Morgan fingerprint density at radius 3 is 2.26 bits per heavy atom. The standard InChI is InChI=1S/C29H24BrCl2N5O/c30-19-6-12-22(13-7-19)33-17-25-35-37-27(28(38)34-23-14-10-21(32)11-15-23)26(18-4-8-20(31)9-5-18)24-3-1-2-16-36(25)29(24)37/h4-15,33H,1-3,16-17H2,(H,34,38). The van der Waals surface area contributed by atoms with Gasteiger partial charge in [0.15, 0.2) is 5.82 Å². The van der Waals surface area contributed by atoms with E-state index >= 15 is 0 Å². The molecular weight excluding hydrogens is 585 g/mol. The molecule has 38 heavy (non-hydrogen) atoms. The number of halogens is 3. The highest BCUT2D eigenvalue weighted by atomic mass is 79.9. The Morgan fingerprint density at radius 2 is 1.55 bits per heavy atom. The van der Waals surface area contributed by atoms with Crippen LogP contribution in [-0.4, -0.2) is 20.1 Å². The minimum atomic E-state index is -0.226. The Kier molecular flexibility index (Phi) is 6.91. The summed E-state index contributed by atoms with van der Waals surface area (Å²) >= 11 is 15.8. The van der Waals surface area contributed by atoms with Crippen molar-refractivity contribution in [3.05, 3.63) is 104 Å². The van der Waals surface area contributed by atoms with E-state index in [4.69, 9.17) is 28.3 Å². The molecule has 192 valence electrons. The van der Waals surface area contributed by atoms with Crippen molar-refractivity contribution in [2.75, 3.05) is 10.6 Å². The number of aromatic nitrogens is 3. The van der Waals surface area contributed by atoms with Gasteiger partial charge in [-0.2, -0.15) is 5.10 Å². The number of hydrogen-bond acceptors (Lipinski definition) is 3. The monoisotopic (exact) mass is 607 g/mol. The van der Waals surface area contributed by atoms with E-state index in [2.05, 4.69) is 31.1 Å². The van der Waals surface area contributed by atoms with Gasteiger partial charge in [-0.25, -0.2) is 4.52 Å². The van der Waals surface area contributed by atoms with Gasteiger partial charge in [0.05, 0.1) is 6.54 Å². The maximum absolute atomic E-state index is 13.9. The second-order valence-corrected chi connectivity index (χ2v) is 11.1. The zero-order valence-electron chi connectivity index (χ0n) is 20.3. The summed E-state index contributed by atoms with van der Waals surface area (Å²) in [7, 11) is 0. The molecule has 0 unspecified atom stereocenters. The van der Waals surface area contributed by atoms with E-state index in [-0.39, 0.29) is 5.91 Å². The van der Waals surface area contributed by atoms with Crippen LogP contribution in [0, 0.1) is 0 Å². The lowest BCUT2D eigenvalue weighted by Gasteiger charge is -2.10. The number of anilines is 2. The summed E-state index contributed by atoms with van der Waals surface area (Å²) in [5.74, 6) is 0.658. The second kappa shape index (κ2) is 10.5. The molecule has 1 amide bonds. The molecule has 2 N–H and O–H groups in total. The third-order valence-corrected chi connectivity index (χ3v) is 7.84. The molecule has 0 aliphatic carbocycles. The van der Waals surface area contributed by atoms with Crippen LogP contribution in [0.2, 0.25) is 10.0 Å². The van der Waals surface area contributed by atoms with Crippen LogP contribution in [0.15, 0.2) is 77.3 Å². The summed E-state index contributed by atoms with van der Waals surface area (Å²) in [6.45, 7) is 1.38. The largest absolute Gasteiger partial charge is 0.378 e. The van der Waals surface area contributed by atoms with Gasteiger partial charge in [-0.3, -0.25) is 4.79 Å². The van der Waals surface area contributed by atoms with Crippen LogP contribution in [0.1, 0.15) is 34.7 Å². The number of hydrogen-bond donors (Lipinski definition) is 2. The van der Waals surface area contributed by atoms with Crippen LogP contribution >= 0.6 is 39.1 Å². The molecule has 5 aromatic rings. The van der Waals surface area contributed by atoms with Crippen molar-refractivity contribution in [1.82, 2.24) is 14.2 Å². The molecule has 3 aromatic carbocycles. The summed E-state index contributed by atoms with van der Waals surface area (Å²) in [5.41, 5.74) is 6.14. The first-order valence-electron chi connectivity index (χ1n) is 12.4. The van der Waals surface area contributed by atoms with Gasteiger partial charge in [-0.15, -0.1) is 0 Å². The van der Waals surface area contributed by atoms with Gasteiger partial charge in [0.2, 0.25) is 0 Å². The molecule has 0 atom stereocenters. The molecule has 1 aliphatic rings. The summed E-state index contributed by atoms with van der Waals surface area (Å²) in [6.07, 6.45) is 2.93. The molecule has 6 rings (SSSR count). The first kappa shape index (κ1) is 25.0. The molecule has 3 heterocycles. The predicted octanol–water partition coefficient (Wildman–Crippen LogP) is 8.07. The van der Waals surface area contributed by atoms with Crippen LogP contribution in [-0.2, 0) is 19.5 Å². The average molecular weight is 609 g/mol. The van der Waals surface area contributed by atoms with Crippen LogP contribution in [0.4, 0.5) is 11.4 Å². The number of carbonyl (C=O) groups excluding carboxylic acids is 1. The molecular formula is C29H24BrCl2N5O. The van der Waals surface area contributed by atoms with E-state index < -0.39 is 0 Å². The van der Waals surface area contributed by atoms with Gasteiger partial charge < -0.3 is 15.2 Å². The summed E-state index contributed by atoms with van der Waals surface area (Å²) in [6, 6.07) is 22.8. The number of carbonyl (C=O) groups is 1. The summed E-state index contributed by atoms with van der Waals surface area (Å²) < 4.78 is 5.11. The average Bonchev–Trinajstić information content (AvgIpc) is 3.32. The number of aryl methyl sites for hydroxylation is 2. The molecule has 0 bridgehead atoms. The zero-order chi connectivity index (χ0) is 26.2. The molecule has 0 spiro atoms. The first-order chi connectivity index (χ1) is 18.5. The van der Waals surface area contributed by atoms with Gasteiger partial charge >= 0.3 is 0 Å². The molecule has 9 heteroatoms. The van der Waals surface area contributed by atoms with E-state index in [0.29, 0.717) is 28.0 Å². The van der Waals surface area contributed by atoms with Crippen molar-refractivity contribution in [2.24, 2.45) is 0 Å². The Balaban J connectivity index is 1.48. The number of nitrogens with zero attached hydrogens (tertiary/aromatic N) is 3. The molecule has 2 aromatic heterocycles. The van der Waals surface area contributed by atoms with Gasteiger partial charge in [-0.05, 0) is 85.5 Å². The molecule has 1 aliphatic heterocycles. The van der Waals surface area contributed by atoms with Crippen LogP contribution in [0.5, 0.6) is 0 Å². The Labute approximate surface area is 238 Å². The van der Waals surface area contributed by atoms with E-state index in [0.717, 1.165) is 64.1 Å². The third kappa shape index (κ3) is 4.82. The molecule has 0 saturated carbocycles. The van der Waals surface area contributed by atoms with Crippen molar-refractivity contribution < 1.29 is 4.79 Å². The maximum atomic E-state index is 13.9. The number of amides is 1. The molecule has 0 saturated heterocycles. The van der Waals surface area contributed by atoms with Crippen molar-refractivity contribution >= 4 is 62.1 Å². The molecule has 0 radical (unpaired) electrons. The highest BCUT2D eigenvalue weighted by molar-refractivity contribution is 9.10. The van der Waals surface area contributed by atoms with Crippen molar-refractivity contribution in [1.29, 1.82) is 0 Å². The van der Waals surface area contributed by atoms with Crippen molar-refractivity contribution in [3.63, 3.8) is 0 Å². The fourth-order valence-corrected chi connectivity index (χ4v) is 5.56. The predicted molar refractivity (Wildman–Crippen MR) is 157 cm³/mol. The molecule has 0 fully saturated rings. The summed E-state index contributed by atoms with van der Waals surface area (Å²) in [5, 5.41) is 12.8. The maximum Gasteiger partial charge on any atom is 0.275 e. The number of rotatable bonds is 6. The quantitative estimate of drug-likeness (QED) is 0.205. The van der Waals surface area contributed by atoms with Crippen molar-refractivity contribution in [3.8, 4) is 11.1 Å². The lowest BCUT2D eigenvalue weighted by Crippen LogP contribution is -2.16. The molecule has 6 nitrogen and oxygen atoms in total. The van der Waals surface area contributed by atoms with Crippen molar-refractivity contribution in [2.45, 2.75) is 32.4 Å². The number of nitrogens with one attached hydrogen (secondary N) is 2. The minimum absolute atomic E-state index is 0.226. The summed E-state index contributed by atoms with van der Waals surface area (Å²) in [4.78, 5) is 13.9. The van der Waals surface area contributed by atoms with Crippen LogP contribution < -0.4 is 10.6 Å². The van der Waals surface area contributed by atoms with E-state index in [1.165, 1.54) is 0 Å². The van der Waals surface area contributed by atoms with Gasteiger partial charge in [-0.1, -0.05) is 51.3 Å². The Hall–Kier alpha value is -3.26. The fraction of sp³-hybridized carbons (Fsp3) is 0.172. The van der Waals surface area contributed by atoms with Crippen LogP contribution in [0.3, 0.4) is 0 Å². The highest BCUT2D eigenvalue weighted by Crippen LogP contribution is 2.37. The SMILES string of the molecule is O=C(Nc1ccc(Cl)cc1)c1c(-c2ccc(Cl)cc2)c2c3n(c(CNc4ccc(Br)cc4)nn13)CCCC2. The number of benzene rings is 3. The van der Waals surface area contributed by atoms with E-state index in [1.54, 1.807) is 24.3 Å². The normalized spacial score (nSPS) is 12.9. The van der Waals surface area contributed by atoms with Gasteiger partial charge in [0.25, 0.3) is 5.91 Å². The van der Waals surface area contributed by atoms with E-state index in [9.17, 15) is 4.79 Å². The highest BCUT2D eigenvalue weighted by Gasteiger charge is 2.30. The third-order valence-electron chi connectivity index (χ3n) is 6.81. The van der Waals surface area contributed by atoms with E-state index in [1.807, 2.05) is 53.0 Å².